The number of unbranched alkanes of at least 4 members (excludes halogenated alkanes) is 2. The molecule has 0 saturated carbocycles. The summed E-state index contributed by atoms with van der Waals surface area (Å²) in [6.45, 7) is 2.14. The van der Waals surface area contributed by atoms with Gasteiger partial charge >= 0.3 is 5.97 Å². The van der Waals surface area contributed by atoms with Gasteiger partial charge in [-0.1, -0.05) is 26.2 Å². The molecule has 0 aromatic rings. The summed E-state index contributed by atoms with van der Waals surface area (Å²) in [6, 6.07) is 0. The van der Waals surface area contributed by atoms with Gasteiger partial charge in [-0.05, 0) is 12.8 Å². The molecule has 1 N–H and O–H groups in total. The summed E-state index contributed by atoms with van der Waals surface area (Å²) in [6.07, 6.45) is 5.23. The molecule has 1 unspecified atom stereocenters. The van der Waals surface area contributed by atoms with E-state index >= 15 is 0 Å². The Balaban J connectivity index is 3.21. The lowest BCUT2D eigenvalue weighted by Crippen LogP contribution is -2.03. The van der Waals surface area contributed by atoms with Crippen LogP contribution in [0.5, 0.6) is 0 Å². The van der Waals surface area contributed by atoms with Gasteiger partial charge in [0.25, 0.3) is 0 Å². The number of rotatable bonds is 7. The smallest absolute Gasteiger partial charge is 0.303 e. The third-order valence-electron chi connectivity index (χ3n) is 1.79. The van der Waals surface area contributed by atoms with Crippen LogP contribution in [0.2, 0.25) is 0 Å². The zero-order chi connectivity index (χ0) is 9.40. The maximum absolute atomic E-state index is 10.2. The van der Waals surface area contributed by atoms with Gasteiger partial charge < -0.3 is 5.11 Å². The van der Waals surface area contributed by atoms with E-state index in [0.29, 0.717) is 6.42 Å². The predicted octanol–water partition coefficient (Wildman–Crippen LogP) is 3.04. The summed E-state index contributed by atoms with van der Waals surface area (Å²) >= 11 is 5.90. The highest BCUT2D eigenvalue weighted by Gasteiger charge is 2.06. The Labute approximate surface area is 78.9 Å². The molecule has 0 amide bonds. The largest absolute Gasteiger partial charge is 0.481 e. The number of carbonyl (C=O) groups is 1. The summed E-state index contributed by atoms with van der Waals surface area (Å²) in [5, 5.41) is 8.42. The lowest BCUT2D eigenvalue weighted by atomic mass is 10.1. The van der Waals surface area contributed by atoms with Crippen molar-refractivity contribution in [2.75, 3.05) is 0 Å². The maximum atomic E-state index is 10.2. The Hall–Kier alpha value is -0.240. The van der Waals surface area contributed by atoms with Crippen LogP contribution in [-0.4, -0.2) is 16.5 Å². The third kappa shape index (κ3) is 7.86. The quantitative estimate of drug-likeness (QED) is 0.497. The van der Waals surface area contributed by atoms with Crippen molar-refractivity contribution in [3.05, 3.63) is 0 Å². The average Bonchev–Trinajstić information content (AvgIpc) is 2.01. The van der Waals surface area contributed by atoms with E-state index in [1.165, 1.54) is 12.8 Å². The highest BCUT2D eigenvalue weighted by atomic mass is 35.5. The van der Waals surface area contributed by atoms with Gasteiger partial charge in [0.2, 0.25) is 0 Å². The predicted molar refractivity (Wildman–Crippen MR) is 50.7 cm³/mol. The van der Waals surface area contributed by atoms with E-state index in [4.69, 9.17) is 16.7 Å². The second-order valence-electron chi connectivity index (χ2n) is 3.03. The lowest BCUT2D eigenvalue weighted by molar-refractivity contribution is -0.137. The topological polar surface area (TPSA) is 37.3 Å². The molecule has 0 aromatic carbocycles. The Bertz CT molecular complexity index is 126. The van der Waals surface area contributed by atoms with Crippen molar-refractivity contribution in [2.45, 2.75) is 50.8 Å². The fraction of sp³-hybridized carbons (Fsp3) is 0.889. The highest BCUT2D eigenvalue weighted by molar-refractivity contribution is 6.20. The van der Waals surface area contributed by atoms with E-state index in [0.717, 1.165) is 12.8 Å². The first-order chi connectivity index (χ1) is 5.66. The molecule has 0 rings (SSSR count). The van der Waals surface area contributed by atoms with Gasteiger partial charge in [0.15, 0.2) is 0 Å². The molecular weight excluding hydrogens is 176 g/mol. The van der Waals surface area contributed by atoms with E-state index in [-0.39, 0.29) is 11.8 Å². The molecule has 12 heavy (non-hydrogen) atoms. The van der Waals surface area contributed by atoms with Crippen LogP contribution >= 0.6 is 11.6 Å². The van der Waals surface area contributed by atoms with Crippen molar-refractivity contribution >= 4 is 17.6 Å². The van der Waals surface area contributed by atoms with E-state index in [1.54, 1.807) is 0 Å². The second-order valence-corrected chi connectivity index (χ2v) is 3.64. The van der Waals surface area contributed by atoms with Crippen molar-refractivity contribution in [1.29, 1.82) is 0 Å². The maximum Gasteiger partial charge on any atom is 0.303 e. The number of hydrogen-bond donors (Lipinski definition) is 1. The first kappa shape index (κ1) is 11.8. The molecular formula is C9H17ClO2. The molecule has 1 atom stereocenters. The normalized spacial score (nSPS) is 12.8. The van der Waals surface area contributed by atoms with Crippen molar-refractivity contribution in [3.63, 3.8) is 0 Å². The van der Waals surface area contributed by atoms with Gasteiger partial charge in [-0.15, -0.1) is 11.6 Å². The van der Waals surface area contributed by atoms with Crippen LogP contribution in [0.3, 0.4) is 0 Å². The van der Waals surface area contributed by atoms with Crippen LogP contribution in [0.15, 0.2) is 0 Å². The van der Waals surface area contributed by atoms with E-state index in [9.17, 15) is 4.79 Å². The molecule has 3 heteroatoms. The average molecular weight is 193 g/mol. The van der Waals surface area contributed by atoms with Crippen LogP contribution in [0, 0.1) is 0 Å². The van der Waals surface area contributed by atoms with E-state index in [1.807, 2.05) is 0 Å². The molecule has 0 aliphatic heterocycles. The highest BCUT2D eigenvalue weighted by Crippen LogP contribution is 2.13. The summed E-state index contributed by atoms with van der Waals surface area (Å²) in [5.41, 5.74) is 0. The summed E-state index contributed by atoms with van der Waals surface area (Å²) in [4.78, 5) is 10.2. The first-order valence-electron chi connectivity index (χ1n) is 4.52. The minimum Gasteiger partial charge on any atom is -0.481 e. The van der Waals surface area contributed by atoms with Crippen molar-refractivity contribution < 1.29 is 9.90 Å². The number of aliphatic carboxylic acids is 1. The molecule has 0 heterocycles. The molecule has 0 aromatic heterocycles. The van der Waals surface area contributed by atoms with Gasteiger partial charge in [0, 0.05) is 11.8 Å². The fourth-order valence-corrected chi connectivity index (χ4v) is 1.30. The number of carboxylic acids is 1. The van der Waals surface area contributed by atoms with Gasteiger partial charge in [0.1, 0.15) is 0 Å². The Morgan fingerprint density at radius 2 is 2.08 bits per heavy atom. The Kier molecular flexibility index (Phi) is 7.26. The molecule has 0 fully saturated rings. The van der Waals surface area contributed by atoms with Gasteiger partial charge in [-0.3, -0.25) is 4.79 Å². The van der Waals surface area contributed by atoms with Crippen LogP contribution in [0.1, 0.15) is 45.4 Å². The number of halogens is 1. The van der Waals surface area contributed by atoms with Crippen LogP contribution in [-0.2, 0) is 4.79 Å². The molecule has 0 aliphatic carbocycles. The Morgan fingerprint density at radius 3 is 2.58 bits per heavy atom. The van der Waals surface area contributed by atoms with Gasteiger partial charge in [-0.2, -0.15) is 0 Å². The van der Waals surface area contributed by atoms with Gasteiger partial charge in [-0.25, -0.2) is 0 Å². The molecule has 0 aliphatic rings. The van der Waals surface area contributed by atoms with Crippen LogP contribution < -0.4 is 0 Å². The van der Waals surface area contributed by atoms with E-state index < -0.39 is 5.97 Å². The monoisotopic (exact) mass is 192 g/mol. The molecule has 0 radical (unpaired) electrons. The Morgan fingerprint density at radius 1 is 1.42 bits per heavy atom. The SMILES string of the molecule is CCCCCC(Cl)CCC(=O)O. The summed E-state index contributed by atoms with van der Waals surface area (Å²) in [5.74, 6) is -0.754. The number of hydrogen-bond acceptors (Lipinski definition) is 1. The van der Waals surface area contributed by atoms with Crippen LogP contribution in [0.4, 0.5) is 0 Å². The third-order valence-corrected chi connectivity index (χ3v) is 2.23. The molecule has 0 bridgehead atoms. The van der Waals surface area contributed by atoms with Gasteiger partial charge in [0.05, 0.1) is 0 Å². The lowest BCUT2D eigenvalue weighted by Gasteiger charge is -2.06. The molecule has 72 valence electrons. The number of carboxylic acid groups (broad SMARTS) is 1. The molecule has 0 saturated heterocycles. The number of alkyl halides is 1. The van der Waals surface area contributed by atoms with Crippen molar-refractivity contribution in [2.24, 2.45) is 0 Å². The van der Waals surface area contributed by atoms with E-state index in [2.05, 4.69) is 6.92 Å². The summed E-state index contributed by atoms with van der Waals surface area (Å²) < 4.78 is 0. The second kappa shape index (κ2) is 7.41. The minimum atomic E-state index is -0.754. The van der Waals surface area contributed by atoms with Crippen LogP contribution in [0.25, 0.3) is 0 Å². The first-order valence-corrected chi connectivity index (χ1v) is 4.96. The standard InChI is InChI=1S/C9H17ClO2/c1-2-3-4-5-8(10)6-7-9(11)12/h8H,2-7H2,1H3,(H,11,12). The van der Waals surface area contributed by atoms with Crippen molar-refractivity contribution in [3.8, 4) is 0 Å². The molecule has 0 spiro atoms. The summed E-state index contributed by atoms with van der Waals surface area (Å²) in [7, 11) is 0. The fourth-order valence-electron chi connectivity index (χ4n) is 1.04. The van der Waals surface area contributed by atoms with Crippen molar-refractivity contribution in [1.82, 2.24) is 0 Å². The minimum absolute atomic E-state index is 0.0487. The molecule has 2 nitrogen and oxygen atoms in total. The zero-order valence-corrected chi connectivity index (χ0v) is 8.31. The zero-order valence-electron chi connectivity index (χ0n) is 7.55.